The number of aryl methyl sites for hydroxylation is 2. The molecule has 0 fully saturated rings. The van der Waals surface area contributed by atoms with Gasteiger partial charge in [0.05, 0.1) is 6.54 Å². The molecule has 0 saturated heterocycles. The number of carbonyl (C=O) groups is 2. The molecule has 5 nitrogen and oxygen atoms in total. The summed E-state index contributed by atoms with van der Waals surface area (Å²) in [7, 11) is 1.58. The van der Waals surface area contributed by atoms with Gasteiger partial charge in [-0.1, -0.05) is 34.1 Å². The molecule has 0 heterocycles. The maximum Gasteiger partial charge on any atom is 0.260 e. The zero-order valence-corrected chi connectivity index (χ0v) is 16.1. The molecule has 0 saturated carbocycles. The molecular formula is C19H21BrN2O3. The largest absolute Gasteiger partial charge is 0.484 e. The molecule has 0 aliphatic heterocycles. The lowest BCUT2D eigenvalue weighted by Crippen LogP contribution is -2.37. The quantitative estimate of drug-likeness (QED) is 0.800. The lowest BCUT2D eigenvalue weighted by molar-refractivity contribution is -0.135. The molecule has 25 heavy (non-hydrogen) atoms. The summed E-state index contributed by atoms with van der Waals surface area (Å²) in [4.78, 5) is 25.6. The average molecular weight is 405 g/mol. The molecule has 0 unspecified atom stereocenters. The number of anilines is 1. The molecule has 0 spiro atoms. The Hall–Kier alpha value is -2.34. The minimum atomic E-state index is -0.258. The number of likely N-dealkylation sites (N-methyl/N-ethyl adjacent to an activating group) is 1. The lowest BCUT2D eigenvalue weighted by Gasteiger charge is -2.18. The molecule has 0 bridgehead atoms. The van der Waals surface area contributed by atoms with E-state index in [1.807, 2.05) is 56.3 Å². The van der Waals surface area contributed by atoms with Gasteiger partial charge in [-0.05, 0) is 49.2 Å². The maximum atomic E-state index is 12.1. The van der Waals surface area contributed by atoms with Crippen LogP contribution in [0.15, 0.2) is 46.9 Å². The summed E-state index contributed by atoms with van der Waals surface area (Å²) >= 11 is 3.38. The first-order valence-electron chi connectivity index (χ1n) is 7.85. The van der Waals surface area contributed by atoms with E-state index in [1.54, 1.807) is 7.05 Å². The van der Waals surface area contributed by atoms with Crippen LogP contribution in [0, 0.1) is 13.8 Å². The number of carbonyl (C=O) groups excluding carboxylic acids is 2. The third-order valence-corrected chi connectivity index (χ3v) is 4.21. The molecule has 6 heteroatoms. The van der Waals surface area contributed by atoms with Crippen molar-refractivity contribution in [3.05, 3.63) is 58.1 Å². The second kappa shape index (κ2) is 8.67. The van der Waals surface area contributed by atoms with Crippen LogP contribution in [0.1, 0.15) is 11.1 Å². The predicted octanol–water partition coefficient (Wildman–Crippen LogP) is 3.54. The Bertz CT molecular complexity index is 777. The van der Waals surface area contributed by atoms with Crippen LogP contribution in [0.4, 0.5) is 5.69 Å². The van der Waals surface area contributed by atoms with Crippen molar-refractivity contribution in [2.24, 2.45) is 0 Å². The Morgan fingerprint density at radius 3 is 2.52 bits per heavy atom. The highest BCUT2D eigenvalue weighted by Crippen LogP contribution is 2.20. The third kappa shape index (κ3) is 5.60. The normalized spacial score (nSPS) is 10.2. The van der Waals surface area contributed by atoms with Crippen LogP contribution in [0.5, 0.6) is 5.75 Å². The minimum absolute atomic E-state index is 0.0362. The molecule has 2 amide bonds. The second-order valence-electron chi connectivity index (χ2n) is 5.81. The number of rotatable bonds is 6. The SMILES string of the molecule is Cc1cc(Br)ccc1NC(=O)CN(C)C(=O)COc1ccccc1C. The fraction of sp³-hybridized carbons (Fsp3) is 0.263. The van der Waals surface area contributed by atoms with Crippen molar-refractivity contribution in [2.75, 3.05) is 25.5 Å². The third-order valence-electron chi connectivity index (χ3n) is 3.71. The van der Waals surface area contributed by atoms with Crippen LogP contribution in [0.25, 0.3) is 0 Å². The molecule has 2 rings (SSSR count). The van der Waals surface area contributed by atoms with Gasteiger partial charge in [-0.3, -0.25) is 9.59 Å². The molecule has 0 aromatic heterocycles. The van der Waals surface area contributed by atoms with Crippen molar-refractivity contribution in [3.63, 3.8) is 0 Å². The van der Waals surface area contributed by atoms with Crippen LogP contribution < -0.4 is 10.1 Å². The van der Waals surface area contributed by atoms with Gasteiger partial charge in [-0.15, -0.1) is 0 Å². The van der Waals surface area contributed by atoms with E-state index in [9.17, 15) is 9.59 Å². The predicted molar refractivity (Wildman–Crippen MR) is 102 cm³/mol. The summed E-state index contributed by atoms with van der Waals surface area (Å²) in [6.45, 7) is 3.68. The van der Waals surface area contributed by atoms with Crippen molar-refractivity contribution in [2.45, 2.75) is 13.8 Å². The van der Waals surface area contributed by atoms with Gasteiger partial charge in [0.2, 0.25) is 5.91 Å². The first-order valence-corrected chi connectivity index (χ1v) is 8.64. The maximum absolute atomic E-state index is 12.1. The van der Waals surface area contributed by atoms with Crippen molar-refractivity contribution in [3.8, 4) is 5.75 Å². The fourth-order valence-electron chi connectivity index (χ4n) is 2.23. The Kier molecular flexibility index (Phi) is 6.58. The molecule has 2 aromatic carbocycles. The van der Waals surface area contributed by atoms with E-state index in [-0.39, 0.29) is 25.0 Å². The topological polar surface area (TPSA) is 58.6 Å². The number of amides is 2. The Morgan fingerprint density at radius 2 is 1.84 bits per heavy atom. The molecule has 132 valence electrons. The number of nitrogens with zero attached hydrogens (tertiary/aromatic N) is 1. The van der Waals surface area contributed by atoms with Crippen molar-refractivity contribution < 1.29 is 14.3 Å². The number of benzene rings is 2. The summed E-state index contributed by atoms with van der Waals surface area (Å²) in [5.74, 6) is 0.155. The van der Waals surface area contributed by atoms with E-state index in [0.717, 1.165) is 21.3 Å². The molecule has 2 aromatic rings. The molecule has 1 N–H and O–H groups in total. The highest BCUT2D eigenvalue weighted by Gasteiger charge is 2.14. The highest BCUT2D eigenvalue weighted by molar-refractivity contribution is 9.10. The molecular weight excluding hydrogens is 384 g/mol. The van der Waals surface area contributed by atoms with Gasteiger partial charge in [-0.25, -0.2) is 0 Å². The smallest absolute Gasteiger partial charge is 0.260 e. The number of halogens is 1. The number of ether oxygens (including phenoxy) is 1. The number of nitrogens with one attached hydrogen (secondary N) is 1. The Balaban J connectivity index is 1.85. The van der Waals surface area contributed by atoms with E-state index in [1.165, 1.54) is 4.90 Å². The van der Waals surface area contributed by atoms with Crippen LogP contribution in [0.2, 0.25) is 0 Å². The summed E-state index contributed by atoms with van der Waals surface area (Å²) in [6.07, 6.45) is 0. The second-order valence-corrected chi connectivity index (χ2v) is 6.73. The van der Waals surface area contributed by atoms with Crippen LogP contribution in [-0.4, -0.2) is 36.9 Å². The minimum Gasteiger partial charge on any atom is -0.484 e. The van der Waals surface area contributed by atoms with Gasteiger partial charge in [0.25, 0.3) is 5.91 Å². The fourth-order valence-corrected chi connectivity index (χ4v) is 2.70. The molecule has 0 radical (unpaired) electrons. The number of hydrogen-bond acceptors (Lipinski definition) is 3. The lowest BCUT2D eigenvalue weighted by atomic mass is 10.2. The van der Waals surface area contributed by atoms with Gasteiger partial charge < -0.3 is 15.0 Å². The molecule has 0 aliphatic rings. The van der Waals surface area contributed by atoms with Crippen LogP contribution in [-0.2, 0) is 9.59 Å². The first-order chi connectivity index (χ1) is 11.9. The number of para-hydroxylation sites is 1. The zero-order chi connectivity index (χ0) is 18.4. The molecule has 0 aliphatic carbocycles. The Labute approximate surface area is 156 Å². The van der Waals surface area contributed by atoms with Crippen LogP contribution in [0.3, 0.4) is 0 Å². The van der Waals surface area contributed by atoms with Crippen LogP contribution >= 0.6 is 15.9 Å². The highest BCUT2D eigenvalue weighted by atomic mass is 79.9. The van der Waals surface area contributed by atoms with E-state index in [2.05, 4.69) is 21.2 Å². The van der Waals surface area contributed by atoms with Crippen molar-refractivity contribution in [1.29, 1.82) is 0 Å². The van der Waals surface area contributed by atoms with Gasteiger partial charge in [-0.2, -0.15) is 0 Å². The van der Waals surface area contributed by atoms with Gasteiger partial charge >= 0.3 is 0 Å². The van der Waals surface area contributed by atoms with E-state index in [0.29, 0.717) is 5.75 Å². The summed E-state index contributed by atoms with van der Waals surface area (Å²) < 4.78 is 6.47. The standard InChI is InChI=1S/C19H21BrN2O3/c1-13-6-4-5-7-17(13)25-12-19(24)22(3)11-18(23)21-16-9-8-15(20)10-14(16)2/h4-10H,11-12H2,1-3H3,(H,21,23). The van der Waals surface area contributed by atoms with Gasteiger partial charge in [0.15, 0.2) is 6.61 Å². The van der Waals surface area contributed by atoms with Crippen molar-refractivity contribution in [1.82, 2.24) is 4.90 Å². The van der Waals surface area contributed by atoms with E-state index in [4.69, 9.17) is 4.74 Å². The summed E-state index contributed by atoms with van der Waals surface area (Å²) in [5.41, 5.74) is 2.63. The van der Waals surface area contributed by atoms with Gasteiger partial charge in [0.1, 0.15) is 5.75 Å². The summed E-state index contributed by atoms with van der Waals surface area (Å²) in [6, 6.07) is 13.1. The number of hydrogen-bond donors (Lipinski definition) is 1. The first kappa shape index (κ1) is 19.0. The van der Waals surface area contributed by atoms with E-state index >= 15 is 0 Å². The molecule has 0 atom stereocenters. The zero-order valence-electron chi connectivity index (χ0n) is 14.5. The van der Waals surface area contributed by atoms with E-state index < -0.39 is 0 Å². The summed E-state index contributed by atoms with van der Waals surface area (Å²) in [5, 5.41) is 2.81. The van der Waals surface area contributed by atoms with Crippen molar-refractivity contribution >= 4 is 33.4 Å². The Morgan fingerprint density at radius 1 is 1.12 bits per heavy atom. The van der Waals surface area contributed by atoms with Gasteiger partial charge in [0, 0.05) is 17.2 Å². The average Bonchev–Trinajstić information content (AvgIpc) is 2.56. The monoisotopic (exact) mass is 404 g/mol.